The topological polar surface area (TPSA) is 29.5 Å². The summed E-state index contributed by atoms with van der Waals surface area (Å²) in [6.45, 7) is 2.34. The van der Waals surface area contributed by atoms with E-state index in [4.69, 9.17) is 4.74 Å². The summed E-state index contributed by atoms with van der Waals surface area (Å²) in [6, 6.07) is 6.67. The summed E-state index contributed by atoms with van der Waals surface area (Å²) < 4.78 is 5.38. The second-order valence-corrected chi connectivity index (χ2v) is 7.62. The van der Waals surface area contributed by atoms with Crippen molar-refractivity contribution >= 4 is 0 Å². The molecule has 5 atom stereocenters. The molecule has 0 amide bonds. The Morgan fingerprint density at radius 3 is 2.86 bits per heavy atom. The molecule has 3 aliphatic carbocycles. The smallest absolute Gasteiger partial charge is 0.119 e. The Morgan fingerprint density at radius 2 is 2.05 bits per heavy atom. The predicted octanol–water partition coefficient (Wildman–Crippen LogP) is 3.91. The average molecular weight is 286 g/mol. The fourth-order valence-electron chi connectivity index (χ4n) is 5.66. The highest BCUT2D eigenvalue weighted by Crippen LogP contribution is 2.60. The molecule has 2 heteroatoms. The van der Waals surface area contributed by atoms with Crippen molar-refractivity contribution in [2.24, 2.45) is 17.3 Å². The Labute approximate surface area is 127 Å². The van der Waals surface area contributed by atoms with Crippen LogP contribution in [0.15, 0.2) is 18.2 Å². The summed E-state index contributed by atoms with van der Waals surface area (Å²) in [6.07, 6.45) is 7.07. The van der Waals surface area contributed by atoms with Gasteiger partial charge in [-0.05, 0) is 85.0 Å². The molecule has 1 aromatic rings. The first-order valence-corrected chi connectivity index (χ1v) is 8.48. The van der Waals surface area contributed by atoms with E-state index in [9.17, 15) is 5.11 Å². The lowest BCUT2D eigenvalue weighted by molar-refractivity contribution is -0.0226. The van der Waals surface area contributed by atoms with Gasteiger partial charge in [0.05, 0.1) is 13.2 Å². The van der Waals surface area contributed by atoms with E-state index in [1.165, 1.54) is 37.7 Å². The second-order valence-electron chi connectivity index (χ2n) is 7.62. The number of aliphatic hydroxyl groups excluding tert-OH is 1. The molecule has 2 saturated carbocycles. The lowest BCUT2D eigenvalue weighted by Crippen LogP contribution is -2.43. The highest BCUT2D eigenvalue weighted by atomic mass is 16.5. The van der Waals surface area contributed by atoms with Crippen LogP contribution in [0.4, 0.5) is 0 Å². The van der Waals surface area contributed by atoms with Crippen LogP contribution in [0.3, 0.4) is 0 Å². The summed E-state index contributed by atoms with van der Waals surface area (Å²) in [5.74, 6) is 3.20. The van der Waals surface area contributed by atoms with Crippen molar-refractivity contribution in [2.75, 3.05) is 7.11 Å². The standard InChI is InChI=1S/C19H26O2/c1-19-10-9-15-14-6-4-13(21-2)11-12(14)3-5-16(15)17(19)7-8-18(19)20/h4,6,11,15-18,20H,3,5,7-10H2,1-2H3/t15-,16+,17+,18+,19-/m0/s1. The Hall–Kier alpha value is -1.02. The molecule has 0 unspecified atom stereocenters. The van der Waals surface area contributed by atoms with Gasteiger partial charge in [0, 0.05) is 0 Å². The Kier molecular flexibility index (Phi) is 3.08. The van der Waals surface area contributed by atoms with Crippen LogP contribution < -0.4 is 4.74 Å². The van der Waals surface area contributed by atoms with Gasteiger partial charge in [-0.1, -0.05) is 13.0 Å². The summed E-state index contributed by atoms with van der Waals surface area (Å²) in [4.78, 5) is 0. The monoisotopic (exact) mass is 286 g/mol. The normalized spacial score (nSPS) is 41.1. The lowest BCUT2D eigenvalue weighted by Gasteiger charge is -2.50. The van der Waals surface area contributed by atoms with Crippen molar-refractivity contribution < 1.29 is 9.84 Å². The van der Waals surface area contributed by atoms with E-state index >= 15 is 0 Å². The molecule has 3 aliphatic rings. The van der Waals surface area contributed by atoms with E-state index in [0.29, 0.717) is 5.92 Å². The molecule has 21 heavy (non-hydrogen) atoms. The molecular formula is C19H26O2. The summed E-state index contributed by atoms with van der Waals surface area (Å²) >= 11 is 0. The molecule has 0 heterocycles. The van der Waals surface area contributed by atoms with Gasteiger partial charge in [0.1, 0.15) is 5.75 Å². The molecule has 1 N–H and O–H groups in total. The van der Waals surface area contributed by atoms with Gasteiger partial charge in [-0.2, -0.15) is 0 Å². The molecular weight excluding hydrogens is 260 g/mol. The van der Waals surface area contributed by atoms with Crippen LogP contribution in [-0.4, -0.2) is 18.3 Å². The van der Waals surface area contributed by atoms with Gasteiger partial charge in [0.2, 0.25) is 0 Å². The number of benzene rings is 1. The van der Waals surface area contributed by atoms with Crippen molar-refractivity contribution in [3.8, 4) is 5.75 Å². The highest BCUT2D eigenvalue weighted by Gasteiger charge is 2.54. The molecule has 0 aromatic heterocycles. The fourth-order valence-corrected chi connectivity index (χ4v) is 5.66. The molecule has 114 valence electrons. The van der Waals surface area contributed by atoms with Crippen molar-refractivity contribution in [3.63, 3.8) is 0 Å². The first-order chi connectivity index (χ1) is 10.1. The van der Waals surface area contributed by atoms with Crippen LogP contribution in [0.2, 0.25) is 0 Å². The first-order valence-electron chi connectivity index (χ1n) is 8.48. The minimum atomic E-state index is -0.0688. The van der Waals surface area contributed by atoms with Gasteiger partial charge in [-0.3, -0.25) is 0 Å². The van der Waals surface area contributed by atoms with Gasteiger partial charge >= 0.3 is 0 Å². The van der Waals surface area contributed by atoms with E-state index in [1.54, 1.807) is 12.7 Å². The number of methoxy groups -OCH3 is 1. The van der Waals surface area contributed by atoms with Gasteiger partial charge < -0.3 is 9.84 Å². The maximum Gasteiger partial charge on any atom is 0.119 e. The van der Waals surface area contributed by atoms with E-state index in [-0.39, 0.29) is 11.5 Å². The Morgan fingerprint density at radius 1 is 1.19 bits per heavy atom. The molecule has 0 saturated heterocycles. The van der Waals surface area contributed by atoms with Crippen LogP contribution in [0.1, 0.15) is 56.1 Å². The van der Waals surface area contributed by atoms with Crippen LogP contribution in [0, 0.1) is 17.3 Å². The van der Waals surface area contributed by atoms with Gasteiger partial charge in [0.15, 0.2) is 0 Å². The zero-order chi connectivity index (χ0) is 14.6. The fraction of sp³-hybridized carbons (Fsp3) is 0.684. The van der Waals surface area contributed by atoms with E-state index < -0.39 is 0 Å². The van der Waals surface area contributed by atoms with Crippen LogP contribution in [0.5, 0.6) is 5.75 Å². The second kappa shape index (κ2) is 4.74. The van der Waals surface area contributed by atoms with Crippen molar-refractivity contribution in [1.82, 2.24) is 0 Å². The maximum atomic E-state index is 10.4. The first kappa shape index (κ1) is 13.6. The molecule has 2 nitrogen and oxygen atoms in total. The third-order valence-electron chi connectivity index (χ3n) is 6.88. The molecule has 0 radical (unpaired) electrons. The molecule has 4 rings (SSSR count). The SMILES string of the molecule is COc1ccc2c(c1)CC[C@H]1[C@H]3CC[C@@H](O)[C@@]3(C)CC[C@@H]21. The molecule has 1 aromatic carbocycles. The summed E-state index contributed by atoms with van der Waals surface area (Å²) in [5, 5.41) is 10.4. The van der Waals surface area contributed by atoms with Gasteiger partial charge in [0.25, 0.3) is 0 Å². The van der Waals surface area contributed by atoms with Crippen molar-refractivity contribution in [1.29, 1.82) is 0 Å². The van der Waals surface area contributed by atoms with Gasteiger partial charge in [-0.15, -0.1) is 0 Å². The quantitative estimate of drug-likeness (QED) is 0.848. The number of aryl methyl sites for hydroxylation is 1. The highest BCUT2D eigenvalue weighted by molar-refractivity contribution is 5.40. The minimum absolute atomic E-state index is 0.0688. The Balaban J connectivity index is 1.68. The summed E-state index contributed by atoms with van der Waals surface area (Å²) in [7, 11) is 1.75. The number of fused-ring (bicyclic) bond motifs is 5. The van der Waals surface area contributed by atoms with Crippen molar-refractivity contribution in [3.05, 3.63) is 29.3 Å². The number of ether oxygens (including phenoxy) is 1. The van der Waals surface area contributed by atoms with E-state index in [1.807, 2.05) is 0 Å². The van der Waals surface area contributed by atoms with E-state index in [0.717, 1.165) is 24.0 Å². The minimum Gasteiger partial charge on any atom is -0.497 e. The maximum absolute atomic E-state index is 10.4. The number of rotatable bonds is 1. The largest absolute Gasteiger partial charge is 0.497 e. The number of hydrogen-bond acceptors (Lipinski definition) is 2. The molecule has 0 spiro atoms. The Bertz CT molecular complexity index is 552. The molecule has 0 bridgehead atoms. The third-order valence-corrected chi connectivity index (χ3v) is 6.88. The van der Waals surface area contributed by atoms with Crippen LogP contribution >= 0.6 is 0 Å². The molecule has 0 aliphatic heterocycles. The van der Waals surface area contributed by atoms with E-state index in [2.05, 4.69) is 25.1 Å². The average Bonchev–Trinajstić information content (AvgIpc) is 2.82. The van der Waals surface area contributed by atoms with Crippen LogP contribution in [0.25, 0.3) is 0 Å². The predicted molar refractivity (Wildman–Crippen MR) is 83.6 cm³/mol. The van der Waals surface area contributed by atoms with Gasteiger partial charge in [-0.25, -0.2) is 0 Å². The zero-order valence-corrected chi connectivity index (χ0v) is 13.1. The van der Waals surface area contributed by atoms with Crippen molar-refractivity contribution in [2.45, 2.75) is 57.5 Å². The van der Waals surface area contributed by atoms with Crippen LogP contribution in [-0.2, 0) is 6.42 Å². The zero-order valence-electron chi connectivity index (χ0n) is 13.1. The number of hydrogen-bond donors (Lipinski definition) is 1. The summed E-state index contributed by atoms with van der Waals surface area (Å²) in [5.41, 5.74) is 3.25. The lowest BCUT2D eigenvalue weighted by atomic mass is 9.55. The molecule has 2 fully saturated rings. The third kappa shape index (κ3) is 1.88. The number of aliphatic hydroxyl groups is 1.